The van der Waals surface area contributed by atoms with Crippen molar-refractivity contribution >= 4 is 50.5 Å². The molecule has 2 rings (SSSR count). The lowest BCUT2D eigenvalue weighted by Gasteiger charge is -2.16. The van der Waals surface area contributed by atoms with Gasteiger partial charge in [-0.05, 0) is 44.6 Å². The number of halogens is 3. The molecular formula is C11H9BrCl2N2S. The predicted molar refractivity (Wildman–Crippen MR) is 77.6 cm³/mol. The molecule has 17 heavy (non-hydrogen) atoms. The van der Waals surface area contributed by atoms with Gasteiger partial charge in [-0.15, -0.1) is 0 Å². The van der Waals surface area contributed by atoms with Gasteiger partial charge in [0.1, 0.15) is 0 Å². The van der Waals surface area contributed by atoms with Gasteiger partial charge >= 0.3 is 0 Å². The lowest BCUT2D eigenvalue weighted by Crippen LogP contribution is -2.28. The Bertz CT molecular complexity index is 530. The Morgan fingerprint density at radius 3 is 2.53 bits per heavy atom. The number of hydrazine groups is 1. The number of benzene rings is 1. The van der Waals surface area contributed by atoms with Crippen LogP contribution in [0.15, 0.2) is 33.4 Å². The van der Waals surface area contributed by atoms with Gasteiger partial charge in [-0.2, -0.15) is 11.3 Å². The van der Waals surface area contributed by atoms with Crippen LogP contribution in [0.5, 0.6) is 0 Å². The number of thiophene rings is 1. The average molecular weight is 352 g/mol. The van der Waals surface area contributed by atoms with Crippen molar-refractivity contribution in [3.63, 3.8) is 0 Å². The number of hydrogen-bond acceptors (Lipinski definition) is 3. The minimum Gasteiger partial charge on any atom is -0.271 e. The number of nitrogens with two attached hydrogens (primary N) is 1. The molecule has 1 unspecified atom stereocenters. The molecule has 0 aliphatic carbocycles. The maximum atomic E-state index is 6.01. The second-order valence-electron chi connectivity index (χ2n) is 3.45. The smallest absolute Gasteiger partial charge is 0.0729 e. The molecule has 0 saturated carbocycles. The summed E-state index contributed by atoms with van der Waals surface area (Å²) in [7, 11) is 0. The molecule has 6 heteroatoms. The second-order valence-corrected chi connectivity index (χ2v) is 5.86. The Balaban J connectivity index is 2.42. The van der Waals surface area contributed by atoms with Crippen LogP contribution in [0.25, 0.3) is 0 Å². The fourth-order valence-corrected chi connectivity index (χ4v) is 3.41. The Kier molecular flexibility index (Phi) is 4.47. The molecule has 0 spiro atoms. The third kappa shape index (κ3) is 2.84. The number of rotatable bonds is 3. The first-order valence-electron chi connectivity index (χ1n) is 4.76. The van der Waals surface area contributed by atoms with Crippen LogP contribution in [0, 0.1) is 0 Å². The molecule has 1 aromatic carbocycles. The van der Waals surface area contributed by atoms with Crippen molar-refractivity contribution in [2.45, 2.75) is 6.04 Å². The van der Waals surface area contributed by atoms with Crippen LogP contribution >= 0.6 is 50.5 Å². The van der Waals surface area contributed by atoms with E-state index in [1.54, 1.807) is 17.4 Å². The van der Waals surface area contributed by atoms with E-state index in [4.69, 9.17) is 29.0 Å². The van der Waals surface area contributed by atoms with E-state index in [9.17, 15) is 0 Å². The van der Waals surface area contributed by atoms with E-state index in [-0.39, 0.29) is 6.04 Å². The van der Waals surface area contributed by atoms with Crippen molar-refractivity contribution in [1.82, 2.24) is 5.43 Å². The fourth-order valence-electron chi connectivity index (χ4n) is 1.55. The molecule has 2 aromatic rings. The van der Waals surface area contributed by atoms with Gasteiger partial charge in [0, 0.05) is 9.85 Å². The summed E-state index contributed by atoms with van der Waals surface area (Å²) in [6.07, 6.45) is 0. The third-order valence-corrected chi connectivity index (χ3v) is 4.89. The molecule has 1 aromatic heterocycles. The van der Waals surface area contributed by atoms with Crippen LogP contribution in [-0.2, 0) is 0 Å². The highest BCUT2D eigenvalue weighted by molar-refractivity contribution is 9.10. The molecule has 90 valence electrons. The van der Waals surface area contributed by atoms with Gasteiger partial charge in [-0.3, -0.25) is 5.84 Å². The average Bonchev–Trinajstić information content (AvgIpc) is 2.71. The van der Waals surface area contributed by atoms with Gasteiger partial charge in [0.15, 0.2) is 0 Å². The molecule has 0 aliphatic rings. The van der Waals surface area contributed by atoms with Crippen molar-refractivity contribution in [3.8, 4) is 0 Å². The van der Waals surface area contributed by atoms with Gasteiger partial charge in [-0.25, -0.2) is 5.43 Å². The molecule has 0 saturated heterocycles. The minimum absolute atomic E-state index is 0.106. The fraction of sp³-hybridized carbons (Fsp3) is 0.0909. The van der Waals surface area contributed by atoms with Gasteiger partial charge in [0.25, 0.3) is 0 Å². The van der Waals surface area contributed by atoms with Crippen LogP contribution in [0.1, 0.15) is 17.2 Å². The molecule has 0 radical (unpaired) electrons. The Morgan fingerprint density at radius 1 is 1.24 bits per heavy atom. The van der Waals surface area contributed by atoms with E-state index in [2.05, 4.69) is 21.4 Å². The number of nitrogens with one attached hydrogen (secondary N) is 1. The highest BCUT2D eigenvalue weighted by Crippen LogP contribution is 2.33. The standard InChI is InChI=1S/C11H9BrCl2N2S/c12-8-5-17-4-7(8)11(16-15)6-1-2-9(13)10(14)3-6/h1-5,11,16H,15H2. The van der Waals surface area contributed by atoms with Crippen LogP contribution in [-0.4, -0.2) is 0 Å². The first-order chi connectivity index (χ1) is 8.13. The summed E-state index contributed by atoms with van der Waals surface area (Å²) in [6.45, 7) is 0. The van der Waals surface area contributed by atoms with Crippen molar-refractivity contribution in [3.05, 3.63) is 54.6 Å². The van der Waals surface area contributed by atoms with E-state index in [1.165, 1.54) is 0 Å². The van der Waals surface area contributed by atoms with E-state index in [0.717, 1.165) is 15.6 Å². The quantitative estimate of drug-likeness (QED) is 0.636. The van der Waals surface area contributed by atoms with Crippen molar-refractivity contribution in [1.29, 1.82) is 0 Å². The molecular weight excluding hydrogens is 343 g/mol. The maximum absolute atomic E-state index is 6.01. The van der Waals surface area contributed by atoms with E-state index < -0.39 is 0 Å². The normalized spacial score (nSPS) is 12.7. The summed E-state index contributed by atoms with van der Waals surface area (Å²) in [4.78, 5) is 0. The molecule has 0 amide bonds. The summed E-state index contributed by atoms with van der Waals surface area (Å²) in [5.41, 5.74) is 4.84. The molecule has 1 atom stereocenters. The van der Waals surface area contributed by atoms with Gasteiger partial charge in [-0.1, -0.05) is 29.3 Å². The molecule has 0 aliphatic heterocycles. The van der Waals surface area contributed by atoms with Gasteiger partial charge in [0.05, 0.1) is 16.1 Å². The topological polar surface area (TPSA) is 38.0 Å². The first-order valence-corrected chi connectivity index (χ1v) is 7.25. The van der Waals surface area contributed by atoms with Crippen molar-refractivity contribution in [2.24, 2.45) is 5.84 Å². The van der Waals surface area contributed by atoms with E-state index in [0.29, 0.717) is 10.0 Å². The SMILES string of the molecule is NNC(c1ccc(Cl)c(Cl)c1)c1cscc1Br. The van der Waals surface area contributed by atoms with Gasteiger partial charge < -0.3 is 0 Å². The Hall–Kier alpha value is -0.100. The summed E-state index contributed by atoms with van der Waals surface area (Å²) in [5.74, 6) is 5.61. The largest absolute Gasteiger partial charge is 0.271 e. The lowest BCUT2D eigenvalue weighted by molar-refractivity contribution is 0.637. The molecule has 0 bridgehead atoms. The van der Waals surface area contributed by atoms with Crippen LogP contribution in [0.2, 0.25) is 10.0 Å². The zero-order valence-electron chi connectivity index (χ0n) is 8.58. The van der Waals surface area contributed by atoms with Crippen molar-refractivity contribution < 1.29 is 0 Å². The number of hydrogen-bond donors (Lipinski definition) is 2. The first kappa shape index (κ1) is 13.3. The summed E-state index contributed by atoms with van der Waals surface area (Å²) < 4.78 is 1.02. The molecule has 1 heterocycles. The van der Waals surface area contributed by atoms with Crippen LogP contribution in [0.4, 0.5) is 0 Å². The van der Waals surface area contributed by atoms with Gasteiger partial charge in [0.2, 0.25) is 0 Å². The summed E-state index contributed by atoms with van der Waals surface area (Å²) in [6, 6.07) is 5.39. The van der Waals surface area contributed by atoms with Crippen LogP contribution < -0.4 is 11.3 Å². The van der Waals surface area contributed by atoms with E-state index >= 15 is 0 Å². The zero-order chi connectivity index (χ0) is 12.4. The monoisotopic (exact) mass is 350 g/mol. The van der Waals surface area contributed by atoms with Crippen molar-refractivity contribution in [2.75, 3.05) is 0 Å². The molecule has 2 nitrogen and oxygen atoms in total. The van der Waals surface area contributed by atoms with Crippen LogP contribution in [0.3, 0.4) is 0 Å². The Morgan fingerprint density at radius 2 is 2.00 bits per heavy atom. The lowest BCUT2D eigenvalue weighted by atomic mass is 10.0. The molecule has 3 N–H and O–H groups in total. The predicted octanol–water partition coefficient (Wildman–Crippen LogP) is 4.37. The third-order valence-electron chi connectivity index (χ3n) is 2.40. The molecule has 0 fully saturated rings. The summed E-state index contributed by atoms with van der Waals surface area (Å²) in [5, 5.41) is 5.11. The minimum atomic E-state index is -0.106. The Labute approximate surface area is 122 Å². The maximum Gasteiger partial charge on any atom is 0.0729 e. The highest BCUT2D eigenvalue weighted by Gasteiger charge is 2.16. The summed E-state index contributed by atoms with van der Waals surface area (Å²) >= 11 is 17.0. The zero-order valence-corrected chi connectivity index (χ0v) is 12.5. The second kappa shape index (κ2) is 5.69. The highest BCUT2D eigenvalue weighted by atomic mass is 79.9. The van der Waals surface area contributed by atoms with E-state index in [1.807, 2.05) is 22.9 Å².